The van der Waals surface area contributed by atoms with Gasteiger partial charge in [-0.1, -0.05) is 0 Å². The Morgan fingerprint density at radius 1 is 0.969 bits per heavy atom. The average molecular weight is 461 g/mol. The molecule has 32 heavy (non-hydrogen) atoms. The van der Waals surface area contributed by atoms with Crippen LogP contribution in [-0.4, -0.2) is 83.7 Å². The SMILES string of the molecule is CC(O)C(NC(=O)C(N)CCCN=C(N)N)C(=O)NC(CCCCN)C(=O)NCC(=O)O. The molecule has 0 aromatic heterocycles. The summed E-state index contributed by atoms with van der Waals surface area (Å²) in [5, 5.41) is 25.7. The lowest BCUT2D eigenvalue weighted by molar-refractivity contribution is -0.139. The van der Waals surface area contributed by atoms with Gasteiger partial charge in [0, 0.05) is 6.54 Å². The third-order valence-corrected chi connectivity index (χ3v) is 4.36. The first kappa shape index (κ1) is 29.0. The van der Waals surface area contributed by atoms with Crippen LogP contribution >= 0.6 is 0 Å². The van der Waals surface area contributed by atoms with E-state index in [2.05, 4.69) is 20.9 Å². The van der Waals surface area contributed by atoms with Crippen LogP contribution in [0.4, 0.5) is 0 Å². The second-order valence-corrected chi connectivity index (χ2v) is 7.24. The highest BCUT2D eigenvalue weighted by Gasteiger charge is 2.30. The predicted molar refractivity (Wildman–Crippen MR) is 117 cm³/mol. The lowest BCUT2D eigenvalue weighted by atomic mass is 10.1. The fourth-order valence-corrected chi connectivity index (χ4v) is 2.63. The van der Waals surface area contributed by atoms with E-state index in [0.717, 1.165) is 0 Å². The minimum atomic E-state index is -1.38. The fourth-order valence-electron chi connectivity index (χ4n) is 2.63. The third-order valence-electron chi connectivity index (χ3n) is 4.36. The van der Waals surface area contributed by atoms with Gasteiger partial charge >= 0.3 is 5.97 Å². The van der Waals surface area contributed by atoms with E-state index in [9.17, 15) is 24.3 Å². The summed E-state index contributed by atoms with van der Waals surface area (Å²) in [6, 6.07) is -3.42. The number of rotatable bonds is 16. The molecule has 0 heterocycles. The zero-order valence-corrected chi connectivity index (χ0v) is 18.3. The monoisotopic (exact) mass is 460 g/mol. The number of carboxylic acids is 1. The molecule has 0 radical (unpaired) electrons. The quantitative estimate of drug-likeness (QED) is 0.0612. The number of guanidine groups is 1. The molecule has 0 aliphatic carbocycles. The van der Waals surface area contributed by atoms with Crippen molar-refractivity contribution >= 4 is 29.7 Å². The highest BCUT2D eigenvalue weighted by Crippen LogP contribution is 2.04. The fraction of sp³-hybridized carbons (Fsp3) is 0.722. The number of amides is 3. The summed E-state index contributed by atoms with van der Waals surface area (Å²) in [5.74, 6) is -3.52. The van der Waals surface area contributed by atoms with Crippen molar-refractivity contribution in [3.8, 4) is 0 Å². The Bertz CT molecular complexity index is 653. The highest BCUT2D eigenvalue weighted by atomic mass is 16.4. The number of carbonyl (C=O) groups is 4. The second kappa shape index (κ2) is 15.8. The molecule has 0 saturated heterocycles. The molecule has 0 aliphatic rings. The molecule has 0 saturated carbocycles. The molecule has 0 aromatic rings. The lowest BCUT2D eigenvalue weighted by Crippen LogP contribution is -2.59. The van der Waals surface area contributed by atoms with E-state index < -0.39 is 54.5 Å². The van der Waals surface area contributed by atoms with E-state index in [0.29, 0.717) is 25.8 Å². The molecule has 0 spiro atoms. The summed E-state index contributed by atoms with van der Waals surface area (Å²) in [4.78, 5) is 51.7. The Balaban J connectivity index is 5.04. The van der Waals surface area contributed by atoms with Gasteiger partial charge in [0.05, 0.1) is 12.1 Å². The highest BCUT2D eigenvalue weighted by molar-refractivity contribution is 5.94. The molecule has 4 atom stereocenters. The van der Waals surface area contributed by atoms with Crippen molar-refractivity contribution in [1.29, 1.82) is 0 Å². The molecule has 0 fully saturated rings. The van der Waals surface area contributed by atoms with Gasteiger partial charge in [-0.2, -0.15) is 0 Å². The summed E-state index contributed by atoms with van der Waals surface area (Å²) in [6.07, 6.45) is 0.637. The predicted octanol–water partition coefficient (Wildman–Crippen LogP) is -3.95. The molecule has 13 N–H and O–H groups in total. The number of unbranched alkanes of at least 4 members (excludes halogenated alkanes) is 1. The van der Waals surface area contributed by atoms with Crippen molar-refractivity contribution in [2.45, 2.75) is 63.3 Å². The molecule has 184 valence electrons. The number of aliphatic hydroxyl groups excluding tert-OH is 1. The molecule has 4 unspecified atom stereocenters. The van der Waals surface area contributed by atoms with Gasteiger partial charge in [-0.3, -0.25) is 24.2 Å². The largest absolute Gasteiger partial charge is 0.480 e. The minimum Gasteiger partial charge on any atom is -0.480 e. The molecule has 0 bridgehead atoms. The number of nitrogens with zero attached hydrogens (tertiary/aromatic N) is 1. The maximum absolute atomic E-state index is 12.7. The van der Waals surface area contributed by atoms with E-state index in [1.54, 1.807) is 0 Å². The van der Waals surface area contributed by atoms with Crippen LogP contribution in [-0.2, 0) is 19.2 Å². The van der Waals surface area contributed by atoms with Crippen LogP contribution in [0.25, 0.3) is 0 Å². The number of aliphatic hydroxyl groups is 1. The smallest absolute Gasteiger partial charge is 0.322 e. The third kappa shape index (κ3) is 12.7. The number of aliphatic carboxylic acids is 1. The number of hydrogen-bond donors (Lipinski definition) is 9. The molecule has 3 amide bonds. The van der Waals surface area contributed by atoms with Gasteiger partial charge in [-0.15, -0.1) is 0 Å². The number of carbonyl (C=O) groups excluding carboxylic acids is 3. The Labute approximate surface area is 186 Å². The Kier molecular flexibility index (Phi) is 14.3. The van der Waals surface area contributed by atoms with Gasteiger partial charge in [0.2, 0.25) is 17.7 Å². The number of carboxylic acid groups (broad SMARTS) is 1. The van der Waals surface area contributed by atoms with E-state index in [-0.39, 0.29) is 25.3 Å². The van der Waals surface area contributed by atoms with Crippen LogP contribution in [0.15, 0.2) is 4.99 Å². The van der Waals surface area contributed by atoms with Crippen LogP contribution in [0.1, 0.15) is 39.0 Å². The maximum atomic E-state index is 12.7. The van der Waals surface area contributed by atoms with Crippen molar-refractivity contribution in [3.63, 3.8) is 0 Å². The van der Waals surface area contributed by atoms with Gasteiger partial charge in [-0.25, -0.2) is 0 Å². The molecule has 0 aliphatic heterocycles. The Morgan fingerprint density at radius 3 is 2.16 bits per heavy atom. The van der Waals surface area contributed by atoms with Gasteiger partial charge in [0.15, 0.2) is 5.96 Å². The van der Waals surface area contributed by atoms with E-state index in [1.165, 1.54) is 6.92 Å². The van der Waals surface area contributed by atoms with Crippen LogP contribution in [0.5, 0.6) is 0 Å². The topological polar surface area (TPSA) is 261 Å². The maximum Gasteiger partial charge on any atom is 0.322 e. The average Bonchev–Trinajstić information content (AvgIpc) is 2.71. The minimum absolute atomic E-state index is 0.0812. The number of aliphatic imine (C=N–C) groups is 1. The van der Waals surface area contributed by atoms with Gasteiger partial charge in [0.1, 0.15) is 18.6 Å². The van der Waals surface area contributed by atoms with Gasteiger partial charge < -0.3 is 49.1 Å². The van der Waals surface area contributed by atoms with Crippen molar-refractivity contribution in [2.24, 2.45) is 27.9 Å². The van der Waals surface area contributed by atoms with Crippen molar-refractivity contribution in [1.82, 2.24) is 16.0 Å². The first-order valence-electron chi connectivity index (χ1n) is 10.3. The number of hydrogen-bond acceptors (Lipinski definition) is 8. The summed E-state index contributed by atoms with van der Waals surface area (Å²) in [5.41, 5.74) is 21.7. The van der Waals surface area contributed by atoms with E-state index in [1.807, 2.05) is 0 Å². The zero-order chi connectivity index (χ0) is 24.7. The van der Waals surface area contributed by atoms with Crippen LogP contribution in [0.2, 0.25) is 0 Å². The zero-order valence-electron chi connectivity index (χ0n) is 18.3. The summed E-state index contributed by atoms with van der Waals surface area (Å²) in [6.45, 7) is 1.33. The van der Waals surface area contributed by atoms with Crippen molar-refractivity contribution in [3.05, 3.63) is 0 Å². The lowest BCUT2D eigenvalue weighted by Gasteiger charge is -2.25. The molecule has 0 rings (SSSR count). The first-order valence-corrected chi connectivity index (χ1v) is 10.3. The van der Waals surface area contributed by atoms with E-state index >= 15 is 0 Å². The Morgan fingerprint density at radius 2 is 1.62 bits per heavy atom. The van der Waals surface area contributed by atoms with Gasteiger partial charge in [0.25, 0.3) is 0 Å². The number of nitrogens with two attached hydrogens (primary N) is 4. The summed E-state index contributed by atoms with van der Waals surface area (Å²) < 4.78 is 0. The Hall–Kier alpha value is -2.97. The molecule has 14 nitrogen and oxygen atoms in total. The molecule has 14 heteroatoms. The van der Waals surface area contributed by atoms with Crippen molar-refractivity contribution in [2.75, 3.05) is 19.6 Å². The van der Waals surface area contributed by atoms with Gasteiger partial charge in [-0.05, 0) is 45.6 Å². The molecular weight excluding hydrogens is 424 g/mol. The van der Waals surface area contributed by atoms with Crippen molar-refractivity contribution < 1.29 is 29.4 Å². The van der Waals surface area contributed by atoms with Crippen LogP contribution < -0.4 is 38.9 Å². The standard InChI is InChI=1S/C18H36N8O6/c1-10(27)14(26-15(30)11(20)5-4-8-23-18(21)22)17(32)25-12(6-2-3-7-19)16(31)24-9-13(28)29/h10-12,14,27H,2-9,19-20H2,1H3,(H,24,31)(H,25,32)(H,26,30)(H,28,29)(H4,21,22,23). The normalized spacial score (nSPS) is 14.4. The first-order chi connectivity index (χ1) is 15.0. The molecule has 0 aromatic carbocycles. The summed E-state index contributed by atoms with van der Waals surface area (Å²) in [7, 11) is 0. The summed E-state index contributed by atoms with van der Waals surface area (Å²) >= 11 is 0. The van der Waals surface area contributed by atoms with Crippen LogP contribution in [0.3, 0.4) is 0 Å². The van der Waals surface area contributed by atoms with E-state index in [4.69, 9.17) is 28.0 Å². The van der Waals surface area contributed by atoms with Crippen LogP contribution in [0, 0.1) is 0 Å². The number of nitrogens with one attached hydrogen (secondary N) is 3. The second-order valence-electron chi connectivity index (χ2n) is 7.24. The molecular formula is C18H36N8O6.